The van der Waals surface area contributed by atoms with Gasteiger partial charge in [-0.2, -0.15) is 15.1 Å². The molecule has 0 aliphatic heterocycles. The number of aromatic nitrogens is 4. The lowest BCUT2D eigenvalue weighted by Crippen LogP contribution is -2.14. The maximum Gasteiger partial charge on any atom is 0.224 e. The van der Waals surface area contributed by atoms with Gasteiger partial charge in [0.25, 0.3) is 0 Å². The molecule has 7 nitrogen and oxygen atoms in total. The Morgan fingerprint density at radius 3 is 2.75 bits per heavy atom. The summed E-state index contributed by atoms with van der Waals surface area (Å²) >= 11 is 0. The number of aldehydes is 1. The average molecular weight is 272 g/mol. The van der Waals surface area contributed by atoms with Crippen molar-refractivity contribution in [2.24, 2.45) is 0 Å². The van der Waals surface area contributed by atoms with Crippen molar-refractivity contribution in [2.45, 2.75) is 6.92 Å². The first-order valence-electron chi connectivity index (χ1n) is 6.01. The highest BCUT2D eigenvalue weighted by Crippen LogP contribution is 2.18. The van der Waals surface area contributed by atoms with Crippen molar-refractivity contribution >= 4 is 24.1 Å². The molecule has 2 aromatic heterocycles. The van der Waals surface area contributed by atoms with E-state index in [1.807, 2.05) is 25.9 Å². The van der Waals surface area contributed by atoms with E-state index in [4.69, 9.17) is 5.73 Å². The van der Waals surface area contributed by atoms with Gasteiger partial charge in [-0.05, 0) is 19.1 Å². The van der Waals surface area contributed by atoms with Crippen LogP contribution in [-0.2, 0) is 4.79 Å². The van der Waals surface area contributed by atoms with Gasteiger partial charge < -0.3 is 10.6 Å². The number of rotatable bonds is 4. The van der Waals surface area contributed by atoms with E-state index in [0.717, 1.165) is 17.5 Å². The first kappa shape index (κ1) is 13.7. The summed E-state index contributed by atoms with van der Waals surface area (Å²) in [6, 6.07) is 1.80. The first-order valence-corrected chi connectivity index (χ1v) is 6.01. The third kappa shape index (κ3) is 2.66. The molecule has 0 aliphatic carbocycles. The van der Waals surface area contributed by atoms with Gasteiger partial charge in [-0.15, -0.1) is 0 Å². The van der Waals surface area contributed by atoms with E-state index in [9.17, 15) is 4.79 Å². The Labute approximate surface area is 116 Å². The Hall–Kier alpha value is -2.70. The zero-order chi connectivity index (χ0) is 14.7. The number of allylic oxidation sites excluding steroid dienone is 1. The van der Waals surface area contributed by atoms with E-state index in [-0.39, 0.29) is 5.95 Å². The van der Waals surface area contributed by atoms with Gasteiger partial charge in [-0.1, -0.05) is 0 Å². The van der Waals surface area contributed by atoms with E-state index < -0.39 is 0 Å². The molecule has 0 bridgehead atoms. The Morgan fingerprint density at radius 1 is 1.35 bits per heavy atom. The maximum atomic E-state index is 10.4. The predicted octanol–water partition coefficient (Wildman–Crippen LogP) is 0.831. The number of nitrogens with zero attached hydrogens (tertiary/aromatic N) is 5. The SMILES string of the molecule is Cc1c(/C=C/C=O)cnn1-c1cc(N(C)C)nc(N)n1. The number of carbonyl (C=O) groups is 1. The Bertz CT molecular complexity index is 659. The van der Waals surface area contributed by atoms with Crippen molar-refractivity contribution in [2.75, 3.05) is 24.7 Å². The molecule has 104 valence electrons. The summed E-state index contributed by atoms with van der Waals surface area (Å²) in [6.45, 7) is 1.89. The Morgan fingerprint density at radius 2 is 2.10 bits per heavy atom. The zero-order valence-electron chi connectivity index (χ0n) is 11.6. The number of nitrogens with two attached hydrogens (primary N) is 1. The smallest absolute Gasteiger partial charge is 0.224 e. The molecule has 0 saturated heterocycles. The fourth-order valence-corrected chi connectivity index (χ4v) is 1.74. The molecule has 0 spiro atoms. The molecule has 7 heteroatoms. The molecule has 20 heavy (non-hydrogen) atoms. The van der Waals surface area contributed by atoms with E-state index in [0.29, 0.717) is 11.6 Å². The molecule has 0 unspecified atom stereocenters. The number of carbonyl (C=O) groups excluding carboxylic acids is 1. The molecular formula is C13H16N6O. The van der Waals surface area contributed by atoms with Gasteiger partial charge in [0.2, 0.25) is 5.95 Å². The van der Waals surface area contributed by atoms with Crippen LogP contribution in [0.5, 0.6) is 0 Å². The molecule has 0 atom stereocenters. The van der Waals surface area contributed by atoms with E-state index in [1.165, 1.54) is 6.08 Å². The summed E-state index contributed by atoms with van der Waals surface area (Å²) in [6.07, 6.45) is 5.52. The lowest BCUT2D eigenvalue weighted by Gasteiger charge is -2.13. The molecule has 2 heterocycles. The highest BCUT2D eigenvalue weighted by Gasteiger charge is 2.10. The van der Waals surface area contributed by atoms with Gasteiger partial charge in [0.1, 0.15) is 12.1 Å². The molecule has 0 radical (unpaired) electrons. The average Bonchev–Trinajstić information content (AvgIpc) is 2.77. The van der Waals surface area contributed by atoms with Crippen molar-refractivity contribution < 1.29 is 4.79 Å². The van der Waals surface area contributed by atoms with Crippen molar-refractivity contribution in [1.29, 1.82) is 0 Å². The van der Waals surface area contributed by atoms with Crippen LogP contribution in [0.4, 0.5) is 11.8 Å². The second-order valence-corrected chi connectivity index (χ2v) is 4.43. The van der Waals surface area contributed by atoms with E-state index >= 15 is 0 Å². The quantitative estimate of drug-likeness (QED) is 0.655. The van der Waals surface area contributed by atoms with Crippen LogP contribution in [0.15, 0.2) is 18.3 Å². The molecular weight excluding hydrogens is 256 g/mol. The third-order valence-electron chi connectivity index (χ3n) is 2.79. The van der Waals surface area contributed by atoms with Crippen LogP contribution in [0.3, 0.4) is 0 Å². The number of hydrogen-bond acceptors (Lipinski definition) is 6. The Kier molecular flexibility index (Phi) is 3.79. The van der Waals surface area contributed by atoms with Crippen molar-refractivity contribution in [3.05, 3.63) is 29.6 Å². The fraction of sp³-hybridized carbons (Fsp3) is 0.231. The van der Waals surface area contributed by atoms with Crippen molar-refractivity contribution in [3.8, 4) is 5.82 Å². The van der Waals surface area contributed by atoms with Gasteiger partial charge in [0.05, 0.1) is 11.9 Å². The van der Waals surface area contributed by atoms with Gasteiger partial charge in [-0.25, -0.2) is 4.68 Å². The van der Waals surface area contributed by atoms with Crippen LogP contribution < -0.4 is 10.6 Å². The summed E-state index contributed by atoms with van der Waals surface area (Å²) in [5.74, 6) is 1.47. The molecule has 0 saturated carbocycles. The molecule has 0 aromatic carbocycles. The van der Waals surface area contributed by atoms with Gasteiger partial charge in [0.15, 0.2) is 5.82 Å². The summed E-state index contributed by atoms with van der Waals surface area (Å²) in [7, 11) is 3.75. The molecule has 0 fully saturated rings. The monoisotopic (exact) mass is 272 g/mol. The summed E-state index contributed by atoms with van der Waals surface area (Å²) in [5, 5.41) is 4.27. The lowest BCUT2D eigenvalue weighted by molar-refractivity contribution is -0.104. The summed E-state index contributed by atoms with van der Waals surface area (Å²) < 4.78 is 1.66. The van der Waals surface area contributed by atoms with Crippen LogP contribution in [0.1, 0.15) is 11.3 Å². The van der Waals surface area contributed by atoms with Crippen LogP contribution in [0.2, 0.25) is 0 Å². The second kappa shape index (κ2) is 5.52. The van der Waals surface area contributed by atoms with Gasteiger partial charge in [-0.3, -0.25) is 4.79 Å². The minimum Gasteiger partial charge on any atom is -0.368 e. The highest BCUT2D eigenvalue weighted by molar-refractivity contribution is 5.74. The Balaban J connectivity index is 2.49. The first-order chi connectivity index (χ1) is 9.52. The topological polar surface area (TPSA) is 89.9 Å². The molecule has 2 aromatic rings. The number of anilines is 2. The van der Waals surface area contributed by atoms with Crippen LogP contribution in [0.25, 0.3) is 11.9 Å². The molecule has 0 aliphatic rings. The molecule has 0 amide bonds. The van der Waals surface area contributed by atoms with Crippen LogP contribution >= 0.6 is 0 Å². The van der Waals surface area contributed by atoms with Crippen molar-refractivity contribution in [1.82, 2.24) is 19.7 Å². The minimum atomic E-state index is 0.186. The zero-order valence-corrected chi connectivity index (χ0v) is 11.6. The minimum absolute atomic E-state index is 0.186. The predicted molar refractivity (Wildman–Crippen MR) is 77.7 cm³/mol. The fourth-order valence-electron chi connectivity index (χ4n) is 1.74. The second-order valence-electron chi connectivity index (χ2n) is 4.43. The lowest BCUT2D eigenvalue weighted by atomic mass is 10.2. The summed E-state index contributed by atoms with van der Waals surface area (Å²) in [5.41, 5.74) is 7.44. The van der Waals surface area contributed by atoms with Crippen molar-refractivity contribution in [3.63, 3.8) is 0 Å². The van der Waals surface area contributed by atoms with Gasteiger partial charge >= 0.3 is 0 Å². The van der Waals surface area contributed by atoms with E-state index in [2.05, 4.69) is 15.1 Å². The standard InChI is InChI=1S/C13H16N6O/c1-9-10(5-4-6-20)8-15-19(9)12-7-11(18(2)3)16-13(14)17-12/h4-8H,1-3H3,(H2,14,16,17)/b5-4+. The van der Waals surface area contributed by atoms with Crippen LogP contribution in [0, 0.1) is 6.92 Å². The normalized spacial score (nSPS) is 10.9. The number of hydrogen-bond donors (Lipinski definition) is 1. The molecule has 2 N–H and O–H groups in total. The summed E-state index contributed by atoms with van der Waals surface area (Å²) in [4.78, 5) is 20.5. The largest absolute Gasteiger partial charge is 0.368 e. The highest BCUT2D eigenvalue weighted by atomic mass is 16.1. The maximum absolute atomic E-state index is 10.4. The van der Waals surface area contributed by atoms with E-state index in [1.54, 1.807) is 23.0 Å². The molecule has 2 rings (SSSR count). The third-order valence-corrected chi connectivity index (χ3v) is 2.79. The van der Waals surface area contributed by atoms with Crippen LogP contribution in [-0.4, -0.2) is 40.1 Å². The number of nitrogen functional groups attached to an aromatic ring is 1. The van der Waals surface area contributed by atoms with Gasteiger partial charge in [0, 0.05) is 25.7 Å².